The van der Waals surface area contributed by atoms with E-state index in [1.807, 2.05) is 6.92 Å². The molecule has 0 saturated heterocycles. The first kappa shape index (κ1) is 23.8. The summed E-state index contributed by atoms with van der Waals surface area (Å²) in [7, 11) is 0. The number of urea groups is 1. The number of carbonyl (C=O) groups excluding carboxylic acids is 1. The number of amides is 2. The van der Waals surface area contributed by atoms with Crippen LogP contribution < -0.4 is 25.0 Å². The van der Waals surface area contributed by atoms with Crippen LogP contribution in [0.4, 0.5) is 35.2 Å². The first-order valence-electron chi connectivity index (χ1n) is 11.7. The number of carbonyl (C=O) groups is 1. The molecular formula is C26H25F3N4O3. The summed E-state index contributed by atoms with van der Waals surface area (Å²) in [6.45, 7) is 3.61. The average Bonchev–Trinajstić information content (AvgIpc) is 3.18. The molecule has 188 valence electrons. The van der Waals surface area contributed by atoms with Gasteiger partial charge in [0.15, 0.2) is 17.3 Å². The van der Waals surface area contributed by atoms with Crippen LogP contribution in [0.1, 0.15) is 25.3 Å². The lowest BCUT2D eigenvalue weighted by molar-refractivity contribution is -0.137. The van der Waals surface area contributed by atoms with Crippen molar-refractivity contribution in [1.82, 2.24) is 4.98 Å². The van der Waals surface area contributed by atoms with Crippen molar-refractivity contribution in [3.63, 3.8) is 0 Å². The Morgan fingerprint density at radius 1 is 1.08 bits per heavy atom. The monoisotopic (exact) mass is 498 g/mol. The Labute approximate surface area is 206 Å². The predicted octanol–water partition coefficient (Wildman–Crippen LogP) is 6.17. The maximum absolute atomic E-state index is 13.5. The Hall–Kier alpha value is -3.95. The molecule has 0 saturated carbocycles. The van der Waals surface area contributed by atoms with Gasteiger partial charge in [-0.2, -0.15) is 13.2 Å². The first-order valence-corrected chi connectivity index (χ1v) is 11.7. The fourth-order valence-electron chi connectivity index (χ4n) is 4.26. The molecule has 0 aliphatic carbocycles. The number of ether oxygens (including phenoxy) is 2. The Morgan fingerprint density at radius 3 is 2.69 bits per heavy atom. The van der Waals surface area contributed by atoms with E-state index in [0.29, 0.717) is 66.1 Å². The molecule has 0 bridgehead atoms. The molecule has 2 aromatic carbocycles. The normalized spacial score (nSPS) is 17.3. The number of alkyl halides is 3. The Bertz CT molecular complexity index is 1280. The molecule has 2 amide bonds. The van der Waals surface area contributed by atoms with Gasteiger partial charge < -0.3 is 20.1 Å². The number of fused-ring (bicyclic) bond motifs is 2. The SMILES string of the molecule is C[C@@H]1CCNc2ccc(-c3cccc(C(F)(F)F)c3)nc2N1C(=O)Nc1ccc2c(c1)OCCCO2. The van der Waals surface area contributed by atoms with Crippen molar-refractivity contribution >= 4 is 23.2 Å². The average molecular weight is 499 g/mol. The van der Waals surface area contributed by atoms with Crippen molar-refractivity contribution in [2.45, 2.75) is 32.0 Å². The number of pyridine rings is 1. The van der Waals surface area contributed by atoms with Crippen LogP contribution in [0.15, 0.2) is 54.6 Å². The van der Waals surface area contributed by atoms with Crippen molar-refractivity contribution in [3.8, 4) is 22.8 Å². The van der Waals surface area contributed by atoms with Crippen LogP contribution in [0.3, 0.4) is 0 Å². The van der Waals surface area contributed by atoms with E-state index in [0.717, 1.165) is 18.6 Å². The number of anilines is 3. The van der Waals surface area contributed by atoms with Crippen molar-refractivity contribution in [2.75, 3.05) is 35.3 Å². The van der Waals surface area contributed by atoms with Crippen LogP contribution >= 0.6 is 0 Å². The number of halogens is 3. The fraction of sp³-hybridized carbons (Fsp3) is 0.308. The van der Waals surface area contributed by atoms with Crippen LogP contribution in [0, 0.1) is 0 Å². The van der Waals surface area contributed by atoms with Crippen LogP contribution in [-0.2, 0) is 6.18 Å². The number of aromatic nitrogens is 1. The second kappa shape index (κ2) is 9.60. The van der Waals surface area contributed by atoms with Crippen LogP contribution in [-0.4, -0.2) is 36.8 Å². The Balaban J connectivity index is 1.47. The molecule has 1 atom stereocenters. The lowest BCUT2D eigenvalue weighted by Crippen LogP contribution is -2.42. The molecule has 2 aliphatic heterocycles. The quantitative estimate of drug-likeness (QED) is 0.442. The number of hydrogen-bond acceptors (Lipinski definition) is 5. The molecule has 5 rings (SSSR count). The van der Waals surface area contributed by atoms with Gasteiger partial charge in [0.2, 0.25) is 0 Å². The van der Waals surface area contributed by atoms with Crippen molar-refractivity contribution in [2.24, 2.45) is 0 Å². The third kappa shape index (κ3) is 4.89. The van der Waals surface area contributed by atoms with E-state index in [2.05, 4.69) is 15.6 Å². The molecule has 3 heterocycles. The molecule has 36 heavy (non-hydrogen) atoms. The summed E-state index contributed by atoms with van der Waals surface area (Å²) in [6.07, 6.45) is -3.04. The van der Waals surface area contributed by atoms with Crippen LogP contribution in [0.25, 0.3) is 11.3 Å². The van der Waals surface area contributed by atoms with E-state index in [4.69, 9.17) is 9.47 Å². The highest BCUT2D eigenvalue weighted by atomic mass is 19.4. The van der Waals surface area contributed by atoms with E-state index in [1.54, 1.807) is 36.4 Å². The van der Waals surface area contributed by atoms with E-state index >= 15 is 0 Å². The number of rotatable bonds is 2. The summed E-state index contributed by atoms with van der Waals surface area (Å²) < 4.78 is 51.1. The van der Waals surface area contributed by atoms with Gasteiger partial charge in [-0.3, -0.25) is 4.90 Å². The molecule has 0 spiro atoms. The van der Waals surface area contributed by atoms with Gasteiger partial charge in [-0.15, -0.1) is 0 Å². The highest BCUT2D eigenvalue weighted by Crippen LogP contribution is 2.36. The zero-order chi connectivity index (χ0) is 25.3. The van der Waals surface area contributed by atoms with Gasteiger partial charge in [-0.1, -0.05) is 12.1 Å². The van der Waals surface area contributed by atoms with Gasteiger partial charge in [0.05, 0.1) is 30.2 Å². The summed E-state index contributed by atoms with van der Waals surface area (Å²) in [5, 5.41) is 6.17. The maximum atomic E-state index is 13.5. The van der Waals surface area contributed by atoms with Crippen LogP contribution in [0.2, 0.25) is 0 Å². The molecule has 0 unspecified atom stereocenters. The molecule has 2 N–H and O–H groups in total. The lowest BCUT2D eigenvalue weighted by atomic mass is 10.1. The summed E-state index contributed by atoms with van der Waals surface area (Å²) in [5.41, 5.74) is 1.05. The van der Waals surface area contributed by atoms with E-state index < -0.39 is 17.8 Å². The maximum Gasteiger partial charge on any atom is 0.416 e. The van der Waals surface area contributed by atoms with Gasteiger partial charge in [-0.05, 0) is 49.7 Å². The largest absolute Gasteiger partial charge is 0.490 e. The number of hydrogen-bond donors (Lipinski definition) is 2. The first-order chi connectivity index (χ1) is 17.3. The van der Waals surface area contributed by atoms with Gasteiger partial charge in [0.1, 0.15) is 0 Å². The van der Waals surface area contributed by atoms with E-state index in [1.165, 1.54) is 11.0 Å². The second-order valence-corrected chi connectivity index (χ2v) is 8.72. The standard InChI is InChI=1S/C26H25F3N4O3/c1-16-10-11-30-21-8-7-20(17-4-2-5-18(14-17)26(27,28)29)32-24(21)33(16)25(34)31-19-6-9-22-23(15-19)36-13-3-12-35-22/h2,4-9,14-16,30H,3,10-13H2,1H3,(H,31,34)/t16-/m1/s1. The minimum absolute atomic E-state index is 0.219. The predicted molar refractivity (Wildman–Crippen MR) is 131 cm³/mol. The molecule has 0 radical (unpaired) electrons. The number of benzene rings is 2. The third-order valence-corrected chi connectivity index (χ3v) is 6.12. The molecule has 1 aromatic heterocycles. The summed E-state index contributed by atoms with van der Waals surface area (Å²) in [4.78, 5) is 19.7. The Morgan fingerprint density at radius 2 is 1.89 bits per heavy atom. The van der Waals surface area contributed by atoms with Gasteiger partial charge in [0.25, 0.3) is 0 Å². The number of nitrogens with zero attached hydrogens (tertiary/aromatic N) is 2. The lowest BCUT2D eigenvalue weighted by Gasteiger charge is -2.28. The number of nitrogens with one attached hydrogen (secondary N) is 2. The minimum atomic E-state index is -4.47. The summed E-state index contributed by atoms with van der Waals surface area (Å²) in [5.74, 6) is 1.53. The Kier molecular flexibility index (Phi) is 6.34. The molecule has 2 aliphatic rings. The highest BCUT2D eigenvalue weighted by molar-refractivity contribution is 6.04. The molecule has 0 fully saturated rings. The highest BCUT2D eigenvalue weighted by Gasteiger charge is 2.31. The van der Waals surface area contributed by atoms with E-state index in [9.17, 15) is 18.0 Å². The zero-order valence-corrected chi connectivity index (χ0v) is 19.6. The molecule has 10 heteroatoms. The van der Waals surface area contributed by atoms with Gasteiger partial charge >= 0.3 is 12.2 Å². The third-order valence-electron chi connectivity index (χ3n) is 6.12. The van der Waals surface area contributed by atoms with Gasteiger partial charge in [0, 0.05) is 36.3 Å². The van der Waals surface area contributed by atoms with Crippen molar-refractivity contribution in [1.29, 1.82) is 0 Å². The smallest absolute Gasteiger partial charge is 0.416 e. The molecule has 3 aromatic rings. The van der Waals surface area contributed by atoms with E-state index in [-0.39, 0.29) is 6.04 Å². The second-order valence-electron chi connectivity index (χ2n) is 8.72. The molecule has 7 nitrogen and oxygen atoms in total. The minimum Gasteiger partial charge on any atom is -0.490 e. The zero-order valence-electron chi connectivity index (χ0n) is 19.6. The topological polar surface area (TPSA) is 75.7 Å². The van der Waals surface area contributed by atoms with Crippen LogP contribution in [0.5, 0.6) is 11.5 Å². The van der Waals surface area contributed by atoms with Crippen molar-refractivity contribution < 1.29 is 27.4 Å². The van der Waals surface area contributed by atoms with Gasteiger partial charge in [-0.25, -0.2) is 9.78 Å². The summed E-state index contributed by atoms with van der Waals surface area (Å²) >= 11 is 0. The fourth-order valence-corrected chi connectivity index (χ4v) is 4.26. The summed E-state index contributed by atoms with van der Waals surface area (Å²) in [6, 6.07) is 13.0. The molecular weight excluding hydrogens is 473 g/mol. The van der Waals surface area contributed by atoms with Crippen molar-refractivity contribution in [3.05, 3.63) is 60.2 Å².